The van der Waals surface area contributed by atoms with Crippen molar-refractivity contribution >= 4 is 25.7 Å². The second-order valence-corrected chi connectivity index (χ2v) is 21.2. The smallest absolute Gasteiger partial charge is 0.462 e. The molecule has 428 valence electrons. The van der Waals surface area contributed by atoms with Crippen LogP contribution < -0.4 is 0 Å². The minimum Gasteiger partial charge on any atom is -0.462 e. The van der Waals surface area contributed by atoms with Gasteiger partial charge in [-0.2, -0.15) is 0 Å². The lowest BCUT2D eigenvalue weighted by Crippen LogP contribution is -2.30. The molecule has 0 bridgehead atoms. The van der Waals surface area contributed by atoms with E-state index in [2.05, 4.69) is 93.7 Å². The van der Waals surface area contributed by atoms with Crippen LogP contribution in [0.4, 0.5) is 0 Å². The van der Waals surface area contributed by atoms with Crippen LogP contribution in [0.2, 0.25) is 0 Å². The van der Waals surface area contributed by atoms with Crippen molar-refractivity contribution in [2.75, 3.05) is 26.4 Å². The molecule has 0 spiro atoms. The van der Waals surface area contributed by atoms with Gasteiger partial charge in [-0.15, -0.1) is 0 Å². The van der Waals surface area contributed by atoms with E-state index in [-0.39, 0.29) is 25.9 Å². The van der Waals surface area contributed by atoms with Crippen LogP contribution in [0.5, 0.6) is 0 Å². The molecule has 0 aliphatic rings. The van der Waals surface area contributed by atoms with Gasteiger partial charge in [0.2, 0.25) is 0 Å². The summed E-state index contributed by atoms with van der Waals surface area (Å²) in [6, 6.07) is 0. The first-order chi connectivity index (χ1) is 36.2. The van der Waals surface area contributed by atoms with E-state index in [9.17, 15) is 28.9 Å². The number of phosphoric acid groups is 1. The van der Waals surface area contributed by atoms with Crippen molar-refractivity contribution in [3.8, 4) is 0 Å². The average Bonchev–Trinajstić information content (AvgIpc) is 3.39. The standard InChI is InChI=1S/C62H109O11P/c1-4-7-10-13-16-19-22-25-27-28-29-30-32-34-36-39-42-45-48-51-60(64)69-55-59(73-62(66)53-50-47-44-41-38-35-31-26-23-20-17-14-11-8-5-2)57-71-74(67,68)70-56-58(54-63)72-61(65)52-49-46-43-40-37-33-24-21-18-15-12-9-6-3/h9,12,17-18,20-21,25-27,31,33,37,58-59,63H,4-8,10-11,13-16,19,22-24,28-30,32,34-36,38-57H2,1-3H3,(H,67,68)/b12-9-,20-17-,21-18-,27-25-,31-26-,37-33-. The number of ether oxygens (including phenoxy) is 3. The molecule has 0 amide bonds. The number of hydrogen-bond donors (Lipinski definition) is 2. The van der Waals surface area contributed by atoms with Crippen LogP contribution in [0.3, 0.4) is 0 Å². The summed E-state index contributed by atoms with van der Waals surface area (Å²) in [7, 11) is -4.76. The fourth-order valence-electron chi connectivity index (χ4n) is 8.04. The normalized spacial score (nSPS) is 13.9. The Kier molecular flexibility index (Phi) is 53.8. The average molecular weight is 1060 g/mol. The van der Waals surface area contributed by atoms with Gasteiger partial charge in [0.15, 0.2) is 6.10 Å². The lowest BCUT2D eigenvalue weighted by atomic mass is 10.1. The van der Waals surface area contributed by atoms with Crippen molar-refractivity contribution in [1.29, 1.82) is 0 Å². The maximum Gasteiger partial charge on any atom is 0.472 e. The molecule has 0 radical (unpaired) electrons. The number of phosphoric ester groups is 1. The summed E-state index contributed by atoms with van der Waals surface area (Å²) in [6.45, 7) is 4.46. The Labute approximate surface area is 452 Å². The lowest BCUT2D eigenvalue weighted by Gasteiger charge is -2.21. The molecule has 0 heterocycles. The molecule has 0 saturated heterocycles. The van der Waals surface area contributed by atoms with Gasteiger partial charge in [0, 0.05) is 19.3 Å². The summed E-state index contributed by atoms with van der Waals surface area (Å²) in [5.41, 5.74) is 0. The molecule has 0 aromatic rings. The molecule has 0 saturated carbocycles. The van der Waals surface area contributed by atoms with E-state index < -0.39 is 57.8 Å². The van der Waals surface area contributed by atoms with Crippen LogP contribution in [-0.2, 0) is 42.2 Å². The Morgan fingerprint density at radius 1 is 0.392 bits per heavy atom. The largest absolute Gasteiger partial charge is 0.472 e. The molecule has 74 heavy (non-hydrogen) atoms. The van der Waals surface area contributed by atoms with E-state index in [4.69, 9.17) is 23.3 Å². The van der Waals surface area contributed by atoms with Gasteiger partial charge in [-0.3, -0.25) is 23.4 Å². The van der Waals surface area contributed by atoms with Gasteiger partial charge in [-0.05, 0) is 109 Å². The molecule has 0 aliphatic carbocycles. The highest BCUT2D eigenvalue weighted by Crippen LogP contribution is 2.43. The highest BCUT2D eigenvalue weighted by molar-refractivity contribution is 7.47. The summed E-state index contributed by atoms with van der Waals surface area (Å²) in [4.78, 5) is 48.6. The third-order valence-corrected chi connectivity index (χ3v) is 13.5. The molecule has 0 aromatic carbocycles. The zero-order valence-corrected chi connectivity index (χ0v) is 48.2. The summed E-state index contributed by atoms with van der Waals surface area (Å²) in [5, 5.41) is 9.80. The van der Waals surface area contributed by atoms with Gasteiger partial charge >= 0.3 is 25.7 Å². The summed E-state index contributed by atoms with van der Waals surface area (Å²) >= 11 is 0. The Morgan fingerprint density at radius 2 is 0.703 bits per heavy atom. The number of unbranched alkanes of at least 4 members (excludes halogenated alkanes) is 26. The van der Waals surface area contributed by atoms with E-state index >= 15 is 0 Å². The third-order valence-electron chi connectivity index (χ3n) is 12.6. The van der Waals surface area contributed by atoms with Crippen molar-refractivity contribution in [3.05, 3.63) is 72.9 Å². The molecule has 11 nitrogen and oxygen atoms in total. The van der Waals surface area contributed by atoms with E-state index in [1.807, 2.05) is 0 Å². The van der Waals surface area contributed by atoms with Crippen molar-refractivity contribution in [2.24, 2.45) is 0 Å². The van der Waals surface area contributed by atoms with Crippen LogP contribution in [0.1, 0.15) is 265 Å². The molecule has 0 rings (SSSR count). The van der Waals surface area contributed by atoms with E-state index in [0.717, 1.165) is 103 Å². The van der Waals surface area contributed by atoms with Crippen LogP contribution in [0.15, 0.2) is 72.9 Å². The molecular formula is C62H109O11P. The van der Waals surface area contributed by atoms with Crippen molar-refractivity contribution < 1.29 is 52.2 Å². The minimum atomic E-state index is -4.76. The maximum atomic E-state index is 12.9. The van der Waals surface area contributed by atoms with Crippen molar-refractivity contribution in [2.45, 2.75) is 277 Å². The topological polar surface area (TPSA) is 155 Å². The van der Waals surface area contributed by atoms with Crippen LogP contribution in [-0.4, -0.2) is 66.5 Å². The van der Waals surface area contributed by atoms with Crippen molar-refractivity contribution in [1.82, 2.24) is 0 Å². The highest BCUT2D eigenvalue weighted by Gasteiger charge is 2.28. The Hall–Kier alpha value is -3.08. The first-order valence-electron chi connectivity index (χ1n) is 29.8. The summed E-state index contributed by atoms with van der Waals surface area (Å²) in [5.74, 6) is -1.51. The second-order valence-electron chi connectivity index (χ2n) is 19.8. The van der Waals surface area contributed by atoms with Crippen LogP contribution in [0.25, 0.3) is 0 Å². The summed E-state index contributed by atoms with van der Waals surface area (Å²) < 4.78 is 39.5. The van der Waals surface area contributed by atoms with Gasteiger partial charge in [-0.25, -0.2) is 4.57 Å². The molecule has 2 N–H and O–H groups in total. The number of carbonyl (C=O) groups is 3. The van der Waals surface area contributed by atoms with Crippen molar-refractivity contribution in [3.63, 3.8) is 0 Å². The predicted molar refractivity (Wildman–Crippen MR) is 307 cm³/mol. The molecule has 0 aliphatic heterocycles. The molecule has 0 fully saturated rings. The van der Waals surface area contributed by atoms with Gasteiger partial charge in [-0.1, -0.05) is 209 Å². The lowest BCUT2D eigenvalue weighted by molar-refractivity contribution is -0.161. The first-order valence-corrected chi connectivity index (χ1v) is 31.3. The monoisotopic (exact) mass is 1060 g/mol. The van der Waals surface area contributed by atoms with Gasteiger partial charge < -0.3 is 24.2 Å². The molecular weight excluding hydrogens is 952 g/mol. The van der Waals surface area contributed by atoms with Crippen LogP contribution >= 0.6 is 7.82 Å². The fourth-order valence-corrected chi connectivity index (χ4v) is 8.83. The SMILES string of the molecule is CC/C=C\C/C=C\C/C=C\CCCCCC(=O)OC(CO)COP(=O)(O)OCC(COC(=O)CCCCCCCCCCC/C=C\CCCCCCCC)OC(=O)CCCCCCC/C=C\C/C=C\CCCCC. The molecule has 12 heteroatoms. The number of hydrogen-bond acceptors (Lipinski definition) is 10. The zero-order chi connectivity index (χ0) is 54.1. The van der Waals surface area contributed by atoms with Gasteiger partial charge in [0.25, 0.3) is 0 Å². The quantitative estimate of drug-likeness (QED) is 0.0197. The fraction of sp³-hybridized carbons (Fsp3) is 0.758. The van der Waals surface area contributed by atoms with E-state index in [1.54, 1.807) is 0 Å². The number of carbonyl (C=O) groups excluding carboxylic acids is 3. The Bertz CT molecular complexity index is 1520. The second kappa shape index (κ2) is 56.1. The zero-order valence-electron chi connectivity index (χ0n) is 47.3. The van der Waals surface area contributed by atoms with E-state index in [1.165, 1.54) is 103 Å². The number of rotatable bonds is 55. The van der Waals surface area contributed by atoms with Gasteiger partial charge in [0.1, 0.15) is 12.7 Å². The predicted octanol–water partition coefficient (Wildman–Crippen LogP) is 17.7. The first kappa shape index (κ1) is 70.9. The van der Waals surface area contributed by atoms with Crippen LogP contribution in [0, 0.1) is 0 Å². The van der Waals surface area contributed by atoms with Gasteiger partial charge in [0.05, 0.1) is 19.8 Å². The number of esters is 3. The Balaban J connectivity index is 4.74. The number of aliphatic hydroxyl groups excluding tert-OH is 1. The maximum absolute atomic E-state index is 12.9. The highest BCUT2D eigenvalue weighted by atomic mass is 31.2. The molecule has 3 unspecified atom stereocenters. The number of allylic oxidation sites excluding steroid dienone is 12. The van der Waals surface area contributed by atoms with E-state index in [0.29, 0.717) is 19.3 Å². The molecule has 0 aromatic heterocycles. The summed E-state index contributed by atoms with van der Waals surface area (Å²) in [6.07, 6.45) is 62.9. The minimum absolute atomic E-state index is 0.139. The molecule has 3 atom stereocenters. The Morgan fingerprint density at radius 3 is 1.14 bits per heavy atom. The third kappa shape index (κ3) is 53.7. The number of aliphatic hydroxyl groups is 1.